The molecule has 0 amide bonds. The van der Waals surface area contributed by atoms with E-state index in [1.165, 1.54) is 0 Å². The fourth-order valence-electron chi connectivity index (χ4n) is 1.55. The number of nitrogens with one attached hydrogen (secondary N) is 2. The molecule has 92 valence electrons. The normalized spacial score (nSPS) is 9.94. The second-order valence-corrected chi connectivity index (χ2v) is 3.77. The van der Waals surface area contributed by atoms with Gasteiger partial charge in [-0.15, -0.1) is 11.6 Å². The molecular weight excluding hydrogens is 244 g/mol. The first-order valence-corrected chi connectivity index (χ1v) is 5.72. The van der Waals surface area contributed by atoms with Gasteiger partial charge in [0.2, 0.25) is 0 Å². The average molecular weight is 257 g/mol. The first-order chi connectivity index (χ1) is 8.13. The summed E-state index contributed by atoms with van der Waals surface area (Å²) in [5.74, 6) is 0.299. The Kier molecular flexibility index (Phi) is 4.79. The van der Waals surface area contributed by atoms with Crippen molar-refractivity contribution < 1.29 is 0 Å². The van der Waals surface area contributed by atoms with E-state index in [1.54, 1.807) is 4.90 Å². The second kappa shape index (κ2) is 6.11. The lowest BCUT2D eigenvalue weighted by atomic mass is 10.3. The number of halogens is 1. The Morgan fingerprint density at radius 3 is 2.59 bits per heavy atom. The Balaban J connectivity index is 3.32. The molecule has 0 spiro atoms. The molecule has 1 heterocycles. The molecule has 0 unspecified atom stereocenters. The third-order valence-corrected chi connectivity index (χ3v) is 2.34. The first kappa shape index (κ1) is 13.3. The zero-order valence-electron chi connectivity index (χ0n) is 9.42. The van der Waals surface area contributed by atoms with Gasteiger partial charge in [0.25, 0.3) is 11.4 Å². The summed E-state index contributed by atoms with van der Waals surface area (Å²) < 4.78 is 0. The molecule has 2 N–H and O–H groups in total. The summed E-state index contributed by atoms with van der Waals surface area (Å²) in [6, 6.07) is 0. The van der Waals surface area contributed by atoms with Crippen molar-refractivity contribution in [1.29, 1.82) is 0 Å². The lowest BCUT2D eigenvalue weighted by Crippen LogP contribution is -2.34. The van der Waals surface area contributed by atoms with Crippen LogP contribution < -0.4 is 16.1 Å². The number of H-pyrrole nitrogens is 2. The highest BCUT2D eigenvalue weighted by Crippen LogP contribution is 2.20. The molecule has 17 heavy (non-hydrogen) atoms. The van der Waals surface area contributed by atoms with Crippen LogP contribution in [0.15, 0.2) is 9.59 Å². The molecule has 0 saturated heterocycles. The van der Waals surface area contributed by atoms with Crippen LogP contribution in [0.5, 0.6) is 0 Å². The van der Waals surface area contributed by atoms with Crippen LogP contribution in [0.2, 0.25) is 0 Å². The van der Waals surface area contributed by atoms with Gasteiger partial charge in [-0.25, -0.2) is 4.79 Å². The number of aromatic nitrogens is 2. The van der Waals surface area contributed by atoms with Crippen molar-refractivity contribution in [2.75, 3.05) is 23.9 Å². The molecule has 0 aliphatic rings. The van der Waals surface area contributed by atoms with Gasteiger partial charge in [-0.05, 0) is 6.42 Å². The molecule has 1 aromatic rings. The lowest BCUT2D eigenvalue weighted by Gasteiger charge is -2.23. The van der Waals surface area contributed by atoms with Gasteiger partial charge in [0.1, 0.15) is 5.69 Å². The van der Waals surface area contributed by atoms with Crippen LogP contribution in [0, 0.1) is 6.57 Å². The molecule has 0 aromatic carbocycles. The molecule has 0 aliphatic heterocycles. The average Bonchev–Trinajstić information content (AvgIpc) is 2.28. The molecule has 0 bridgehead atoms. The molecule has 0 fully saturated rings. The van der Waals surface area contributed by atoms with Crippen LogP contribution in [-0.4, -0.2) is 28.9 Å². The number of rotatable bonds is 5. The fourth-order valence-corrected chi connectivity index (χ4v) is 1.75. The maximum absolute atomic E-state index is 11.7. The maximum Gasteiger partial charge on any atom is 0.398 e. The SMILES string of the molecule is [C-]#[N+]c1[nH]c(=O)[nH]c(=O)c1N(CCC)CCCl. The summed E-state index contributed by atoms with van der Waals surface area (Å²) in [7, 11) is 0. The van der Waals surface area contributed by atoms with E-state index in [4.69, 9.17) is 18.2 Å². The van der Waals surface area contributed by atoms with Gasteiger partial charge in [0.15, 0.2) is 0 Å². The third-order valence-electron chi connectivity index (χ3n) is 2.17. The van der Waals surface area contributed by atoms with E-state index < -0.39 is 11.2 Å². The Hall–Kier alpha value is -1.74. The van der Waals surface area contributed by atoms with Crippen LogP contribution in [-0.2, 0) is 0 Å². The minimum atomic E-state index is -0.674. The number of alkyl halides is 1. The van der Waals surface area contributed by atoms with Crippen molar-refractivity contribution in [2.45, 2.75) is 13.3 Å². The molecule has 0 atom stereocenters. The number of aromatic amines is 2. The van der Waals surface area contributed by atoms with Crippen molar-refractivity contribution in [3.63, 3.8) is 0 Å². The summed E-state index contributed by atoms with van der Waals surface area (Å²) in [5.41, 5.74) is -1.05. The minimum absolute atomic E-state index is 0.0442. The lowest BCUT2D eigenvalue weighted by molar-refractivity contribution is 0.784. The van der Waals surface area contributed by atoms with Gasteiger partial charge in [-0.2, -0.15) is 0 Å². The second-order valence-electron chi connectivity index (χ2n) is 3.39. The third kappa shape index (κ3) is 3.11. The van der Waals surface area contributed by atoms with Crippen LogP contribution in [0.3, 0.4) is 0 Å². The largest absolute Gasteiger partial charge is 0.398 e. The number of hydrogen-bond donors (Lipinski definition) is 2. The van der Waals surface area contributed by atoms with Crippen molar-refractivity contribution in [3.05, 3.63) is 32.3 Å². The monoisotopic (exact) mass is 256 g/mol. The van der Waals surface area contributed by atoms with Gasteiger partial charge in [0, 0.05) is 19.0 Å². The van der Waals surface area contributed by atoms with Crippen LogP contribution in [0.25, 0.3) is 4.85 Å². The van der Waals surface area contributed by atoms with Crippen LogP contribution >= 0.6 is 11.6 Å². The molecule has 0 saturated carbocycles. The smallest absolute Gasteiger partial charge is 0.373 e. The Morgan fingerprint density at radius 1 is 1.35 bits per heavy atom. The molecule has 6 nitrogen and oxygen atoms in total. The van der Waals surface area contributed by atoms with E-state index in [2.05, 4.69) is 14.8 Å². The molecule has 0 aliphatic carbocycles. The standard InChI is InChI=1S/C10H13ClN4O2/c1-3-5-15(6-4-11)7-8(12-2)13-10(17)14-9(7)16/h3-6H2,1H3,(H2,13,14,16,17). The van der Waals surface area contributed by atoms with Crippen molar-refractivity contribution >= 4 is 23.1 Å². The molecule has 0 radical (unpaired) electrons. The highest BCUT2D eigenvalue weighted by molar-refractivity contribution is 6.18. The topological polar surface area (TPSA) is 73.3 Å². The summed E-state index contributed by atoms with van der Waals surface area (Å²) in [5, 5.41) is 0. The Bertz CT molecular complexity index is 522. The van der Waals surface area contributed by atoms with Gasteiger partial charge in [-0.3, -0.25) is 14.8 Å². The van der Waals surface area contributed by atoms with Crippen LogP contribution in [0.1, 0.15) is 13.3 Å². The Morgan fingerprint density at radius 2 is 2.06 bits per heavy atom. The van der Waals surface area contributed by atoms with E-state index in [1.807, 2.05) is 6.92 Å². The molecule has 1 rings (SSSR count). The van der Waals surface area contributed by atoms with Crippen molar-refractivity contribution in [1.82, 2.24) is 9.97 Å². The predicted molar refractivity (Wildman–Crippen MR) is 67.2 cm³/mol. The van der Waals surface area contributed by atoms with Crippen molar-refractivity contribution in [2.24, 2.45) is 0 Å². The van der Waals surface area contributed by atoms with E-state index in [-0.39, 0.29) is 11.5 Å². The van der Waals surface area contributed by atoms with E-state index in [0.29, 0.717) is 19.0 Å². The van der Waals surface area contributed by atoms with Gasteiger partial charge >= 0.3 is 5.69 Å². The minimum Gasteiger partial charge on any atom is -0.373 e. The summed E-state index contributed by atoms with van der Waals surface area (Å²) in [6.45, 7) is 9.99. The van der Waals surface area contributed by atoms with Gasteiger partial charge in [-0.1, -0.05) is 13.5 Å². The van der Waals surface area contributed by atoms with Gasteiger partial charge < -0.3 is 9.74 Å². The van der Waals surface area contributed by atoms with Crippen LogP contribution in [0.4, 0.5) is 11.5 Å². The Labute approximate surface area is 103 Å². The zero-order chi connectivity index (χ0) is 12.8. The van der Waals surface area contributed by atoms with Gasteiger partial charge in [0.05, 0.1) is 0 Å². The molecular formula is C10H13ClN4O2. The maximum atomic E-state index is 11.7. The summed E-state index contributed by atoms with van der Waals surface area (Å²) in [6.07, 6.45) is 0.812. The first-order valence-electron chi connectivity index (χ1n) is 5.19. The summed E-state index contributed by atoms with van der Waals surface area (Å²) in [4.78, 5) is 32.1. The number of hydrogen-bond acceptors (Lipinski definition) is 3. The number of anilines is 1. The molecule has 1 aromatic heterocycles. The molecule has 7 heteroatoms. The van der Waals surface area contributed by atoms with E-state index in [0.717, 1.165) is 6.42 Å². The van der Waals surface area contributed by atoms with Crippen molar-refractivity contribution in [3.8, 4) is 0 Å². The highest BCUT2D eigenvalue weighted by atomic mass is 35.5. The fraction of sp³-hybridized carbons (Fsp3) is 0.500. The number of nitrogens with zero attached hydrogens (tertiary/aromatic N) is 2. The quantitative estimate of drug-likeness (QED) is 0.611. The zero-order valence-corrected chi connectivity index (χ0v) is 10.2. The highest BCUT2D eigenvalue weighted by Gasteiger charge is 2.15. The van der Waals surface area contributed by atoms with E-state index >= 15 is 0 Å². The summed E-state index contributed by atoms with van der Waals surface area (Å²) >= 11 is 5.66. The predicted octanol–water partition coefficient (Wildman–Crippen LogP) is 1.07. The van der Waals surface area contributed by atoms with E-state index in [9.17, 15) is 9.59 Å².